The molecular weight excluding hydrogens is 497 g/mol. The fraction of sp³-hybridized carbons (Fsp3) is 0.810. The lowest BCUT2D eigenvalue weighted by molar-refractivity contribution is -0.0744. The number of rotatable bonds is 9. The van der Waals surface area contributed by atoms with Gasteiger partial charge >= 0.3 is 13.3 Å². The van der Waals surface area contributed by atoms with Crippen molar-refractivity contribution in [2.75, 3.05) is 5.73 Å². The number of hydrogen-bond acceptors (Lipinski definition) is 10. The Morgan fingerprint density at radius 3 is 2.34 bits per heavy atom. The standard InChI is InChI=1S/C21H40N3O9PSi/c1-11(12(2)33-34(29,30)13(3)25)17-15(26)16(27)19(32-17)24-9-14(18(22)23-20(24)28)10-31-35(7,8)21(4,5)6/h9,11-13,15-17,19,25-27H,10H2,1-8H3,(H,29,30)(H2,22,23,28)/t11?,12?,13?,15-,16+,17+,19+/m0/s1. The number of anilines is 1. The lowest BCUT2D eigenvalue weighted by Gasteiger charge is -2.36. The van der Waals surface area contributed by atoms with E-state index in [1.807, 2.05) is 0 Å². The third kappa shape index (κ3) is 6.59. The smallest absolute Gasteiger partial charge is 0.356 e. The van der Waals surface area contributed by atoms with E-state index < -0.39 is 64.0 Å². The summed E-state index contributed by atoms with van der Waals surface area (Å²) < 4.78 is 30.2. The molecule has 1 saturated heterocycles. The van der Waals surface area contributed by atoms with E-state index in [2.05, 4.69) is 38.8 Å². The summed E-state index contributed by atoms with van der Waals surface area (Å²) in [4.78, 5) is 26.3. The molecule has 0 spiro atoms. The second kappa shape index (κ2) is 10.7. The molecule has 1 aliphatic rings. The van der Waals surface area contributed by atoms with E-state index in [0.717, 1.165) is 11.5 Å². The minimum Gasteiger partial charge on any atom is -0.412 e. The van der Waals surface area contributed by atoms with Gasteiger partial charge in [0, 0.05) is 17.7 Å². The van der Waals surface area contributed by atoms with Gasteiger partial charge in [-0.1, -0.05) is 27.7 Å². The highest BCUT2D eigenvalue weighted by molar-refractivity contribution is 7.53. The number of ether oxygens (including phenoxy) is 1. The minimum atomic E-state index is -4.31. The predicted octanol–water partition coefficient (Wildman–Crippen LogP) is 1.53. The largest absolute Gasteiger partial charge is 0.412 e. The van der Waals surface area contributed by atoms with Crippen LogP contribution in [0.5, 0.6) is 0 Å². The van der Waals surface area contributed by atoms with Crippen molar-refractivity contribution >= 4 is 21.7 Å². The van der Waals surface area contributed by atoms with Gasteiger partial charge in [-0.15, -0.1) is 0 Å². The fourth-order valence-electron chi connectivity index (χ4n) is 3.33. The SMILES string of the molecule is CC(OP(=O)(O)C(C)O)C(C)[C@H]1O[C@@H](n2cc(CO[Si](C)(C)C(C)(C)C)c(N)nc2=O)[C@H](O)[C@@H]1O. The molecule has 0 aliphatic carbocycles. The Balaban J connectivity index is 2.27. The zero-order chi connectivity index (χ0) is 27.1. The van der Waals surface area contributed by atoms with E-state index in [-0.39, 0.29) is 17.5 Å². The van der Waals surface area contributed by atoms with Crippen LogP contribution in [0.4, 0.5) is 5.82 Å². The molecule has 2 heterocycles. The lowest BCUT2D eigenvalue weighted by Crippen LogP contribution is -2.41. The van der Waals surface area contributed by atoms with Gasteiger partial charge < -0.3 is 39.6 Å². The summed E-state index contributed by atoms with van der Waals surface area (Å²) in [5.41, 5.74) is 5.62. The zero-order valence-electron chi connectivity index (χ0n) is 21.6. The first-order chi connectivity index (χ1) is 15.8. The van der Waals surface area contributed by atoms with Crippen molar-refractivity contribution in [3.8, 4) is 0 Å². The number of aromatic nitrogens is 2. The maximum absolute atomic E-state index is 12.6. The third-order valence-electron chi connectivity index (χ3n) is 7.05. The highest BCUT2D eigenvalue weighted by Crippen LogP contribution is 2.49. The molecule has 12 nitrogen and oxygen atoms in total. The molecular formula is C21H40N3O9PSi. The van der Waals surface area contributed by atoms with Crippen molar-refractivity contribution in [3.05, 3.63) is 22.2 Å². The Hall–Kier alpha value is -1.15. The number of aliphatic hydroxyl groups is 3. The summed E-state index contributed by atoms with van der Waals surface area (Å²) in [5, 5.41) is 30.7. The molecule has 0 aromatic carbocycles. The Morgan fingerprint density at radius 1 is 1.26 bits per heavy atom. The molecule has 6 N–H and O–H groups in total. The van der Waals surface area contributed by atoms with Crippen LogP contribution < -0.4 is 11.4 Å². The van der Waals surface area contributed by atoms with E-state index in [9.17, 15) is 29.6 Å². The van der Waals surface area contributed by atoms with Crippen molar-refractivity contribution in [1.82, 2.24) is 9.55 Å². The number of hydrogen-bond donors (Lipinski definition) is 5. The summed E-state index contributed by atoms with van der Waals surface area (Å²) in [5.74, 6) is -2.29. The average molecular weight is 538 g/mol. The van der Waals surface area contributed by atoms with Crippen LogP contribution in [0.25, 0.3) is 0 Å². The molecule has 202 valence electrons. The fourth-order valence-corrected chi connectivity index (χ4v) is 5.12. The molecule has 0 bridgehead atoms. The maximum Gasteiger partial charge on any atom is 0.356 e. The van der Waals surface area contributed by atoms with Crippen molar-refractivity contribution in [2.45, 2.75) is 103 Å². The molecule has 1 aliphatic heterocycles. The van der Waals surface area contributed by atoms with E-state index in [0.29, 0.717) is 5.56 Å². The predicted molar refractivity (Wildman–Crippen MR) is 132 cm³/mol. The van der Waals surface area contributed by atoms with Crippen LogP contribution in [0.15, 0.2) is 11.0 Å². The van der Waals surface area contributed by atoms with Crippen LogP contribution in [0.1, 0.15) is 53.3 Å². The first-order valence-corrected chi connectivity index (χ1v) is 16.1. The van der Waals surface area contributed by atoms with Crippen LogP contribution in [0.2, 0.25) is 18.1 Å². The number of nitrogen functional groups attached to an aromatic ring is 1. The van der Waals surface area contributed by atoms with E-state index in [1.165, 1.54) is 13.1 Å². The molecule has 14 heteroatoms. The van der Waals surface area contributed by atoms with Crippen LogP contribution >= 0.6 is 7.60 Å². The van der Waals surface area contributed by atoms with Crippen LogP contribution in [0, 0.1) is 5.92 Å². The van der Waals surface area contributed by atoms with Crippen molar-refractivity contribution < 1.29 is 38.5 Å². The van der Waals surface area contributed by atoms with Gasteiger partial charge in [0.15, 0.2) is 20.4 Å². The van der Waals surface area contributed by atoms with Gasteiger partial charge in [-0.2, -0.15) is 4.98 Å². The highest BCUT2D eigenvalue weighted by Gasteiger charge is 2.48. The number of nitrogens with zero attached hydrogens (tertiary/aromatic N) is 2. The minimum absolute atomic E-state index is 0.00163. The molecule has 0 amide bonds. The molecule has 0 saturated carbocycles. The van der Waals surface area contributed by atoms with E-state index >= 15 is 0 Å². The molecule has 1 aromatic heterocycles. The first kappa shape index (κ1) is 30.1. The summed E-state index contributed by atoms with van der Waals surface area (Å²) in [6, 6.07) is 0. The van der Waals surface area contributed by atoms with Gasteiger partial charge in [0.05, 0.1) is 18.8 Å². The Kier molecular flexibility index (Phi) is 9.18. The second-order valence-electron chi connectivity index (χ2n) is 10.7. The Labute approximate surface area is 206 Å². The molecule has 1 fully saturated rings. The highest BCUT2D eigenvalue weighted by atomic mass is 31.2. The number of nitrogens with two attached hydrogens (primary N) is 1. The Bertz CT molecular complexity index is 997. The second-order valence-corrected chi connectivity index (χ2v) is 17.6. The van der Waals surface area contributed by atoms with Crippen molar-refractivity contribution in [2.24, 2.45) is 5.92 Å². The third-order valence-corrected chi connectivity index (χ3v) is 13.1. The Morgan fingerprint density at radius 2 is 1.83 bits per heavy atom. The average Bonchev–Trinajstić information content (AvgIpc) is 3.00. The number of aliphatic hydroxyl groups excluding tert-OH is 3. The molecule has 4 unspecified atom stereocenters. The van der Waals surface area contributed by atoms with Crippen LogP contribution in [-0.4, -0.2) is 68.3 Å². The summed E-state index contributed by atoms with van der Waals surface area (Å²) >= 11 is 0. The van der Waals surface area contributed by atoms with Crippen LogP contribution in [0.3, 0.4) is 0 Å². The van der Waals surface area contributed by atoms with Gasteiger partial charge in [0.25, 0.3) is 0 Å². The topological polar surface area (TPSA) is 187 Å². The van der Waals surface area contributed by atoms with Crippen LogP contribution in [-0.2, 0) is 24.9 Å². The summed E-state index contributed by atoms with van der Waals surface area (Å²) in [7, 11) is -6.44. The monoisotopic (exact) mass is 537 g/mol. The van der Waals surface area contributed by atoms with E-state index in [1.54, 1.807) is 6.92 Å². The van der Waals surface area contributed by atoms with Gasteiger partial charge in [0.1, 0.15) is 18.0 Å². The quantitative estimate of drug-likeness (QED) is 0.227. The molecule has 1 aromatic rings. The maximum atomic E-state index is 12.6. The molecule has 2 rings (SSSR count). The van der Waals surface area contributed by atoms with Crippen molar-refractivity contribution in [3.63, 3.8) is 0 Å². The first-order valence-electron chi connectivity index (χ1n) is 11.5. The van der Waals surface area contributed by atoms with Gasteiger partial charge in [-0.3, -0.25) is 9.13 Å². The zero-order valence-corrected chi connectivity index (χ0v) is 23.5. The summed E-state index contributed by atoms with van der Waals surface area (Å²) in [6.45, 7) is 14.7. The normalized spacial score (nSPS) is 27.9. The lowest BCUT2D eigenvalue weighted by atomic mass is 9.94. The van der Waals surface area contributed by atoms with Crippen molar-refractivity contribution in [1.29, 1.82) is 0 Å². The van der Waals surface area contributed by atoms with Gasteiger partial charge in [-0.25, -0.2) is 4.79 Å². The van der Waals surface area contributed by atoms with Gasteiger partial charge in [0.2, 0.25) is 0 Å². The molecule has 8 atom stereocenters. The van der Waals surface area contributed by atoms with E-state index in [4.69, 9.17) is 19.4 Å². The molecule has 0 radical (unpaired) electrons. The molecule has 35 heavy (non-hydrogen) atoms. The summed E-state index contributed by atoms with van der Waals surface area (Å²) in [6.07, 6.45) is -4.78. The van der Waals surface area contributed by atoms with Gasteiger partial charge in [-0.05, 0) is 32.0 Å².